The minimum Gasteiger partial charge on any atom is -0.465 e. The monoisotopic (exact) mass is 426 g/mol. The van der Waals surface area contributed by atoms with Crippen molar-refractivity contribution >= 4 is 22.1 Å². The first-order chi connectivity index (χ1) is 12.9. The number of esters is 2. The first kappa shape index (κ1) is 21.4. The zero-order valence-corrected chi connectivity index (χ0v) is 16.4. The summed E-state index contributed by atoms with van der Waals surface area (Å²) in [6, 6.07) is 0. The van der Waals surface area contributed by atoms with Gasteiger partial charge in [0.2, 0.25) is 0 Å². The van der Waals surface area contributed by atoms with Crippen LogP contribution in [0.15, 0.2) is 0 Å². The van der Waals surface area contributed by atoms with E-state index in [2.05, 4.69) is 4.74 Å². The number of hydrogen-bond acceptors (Lipinski definition) is 7. The highest BCUT2D eigenvalue weighted by atomic mass is 32.2. The van der Waals surface area contributed by atoms with E-state index in [0.29, 0.717) is 33.0 Å². The van der Waals surface area contributed by atoms with Gasteiger partial charge >= 0.3 is 27.3 Å². The molecule has 2 saturated carbocycles. The molecule has 28 heavy (non-hydrogen) atoms. The van der Waals surface area contributed by atoms with Gasteiger partial charge < -0.3 is 14.2 Å². The van der Waals surface area contributed by atoms with Gasteiger partial charge in [0.05, 0.1) is 25.0 Å². The van der Waals surface area contributed by atoms with Crippen LogP contribution in [-0.4, -0.2) is 56.1 Å². The van der Waals surface area contributed by atoms with E-state index in [9.17, 15) is 26.8 Å². The minimum absolute atomic E-state index is 0.0992. The van der Waals surface area contributed by atoms with Crippen molar-refractivity contribution < 1.29 is 45.6 Å². The van der Waals surface area contributed by atoms with Crippen LogP contribution < -0.4 is 0 Å². The molecule has 1 heterocycles. The molecule has 3 aliphatic rings. The van der Waals surface area contributed by atoms with Gasteiger partial charge in [-0.2, -0.15) is 17.2 Å². The highest BCUT2D eigenvalue weighted by molar-refractivity contribution is 7.86. The molecule has 8 nitrogen and oxygen atoms in total. The number of fused-ring (bicyclic) bond motifs is 2. The summed E-state index contributed by atoms with van der Waals surface area (Å²) in [5.74, 6) is -3.71. The zero-order valence-electron chi connectivity index (χ0n) is 15.6. The first-order valence-corrected chi connectivity index (χ1v) is 10.6. The van der Waals surface area contributed by atoms with Crippen LogP contribution in [0.2, 0.25) is 0 Å². The smallest absolute Gasteiger partial charge is 0.405 e. The Bertz CT molecular complexity index is 748. The van der Waals surface area contributed by atoms with Gasteiger partial charge in [-0.05, 0) is 38.0 Å². The molecule has 5 unspecified atom stereocenters. The van der Waals surface area contributed by atoms with Crippen LogP contribution in [0.1, 0.15) is 33.1 Å². The van der Waals surface area contributed by atoms with Crippen molar-refractivity contribution in [2.75, 3.05) is 19.8 Å². The fourth-order valence-corrected chi connectivity index (χ4v) is 4.84. The summed E-state index contributed by atoms with van der Waals surface area (Å²) in [7, 11) is -5.75. The molecule has 160 valence electrons. The summed E-state index contributed by atoms with van der Waals surface area (Å²) < 4.78 is 72.9. The van der Waals surface area contributed by atoms with E-state index < -0.39 is 45.3 Å². The Kier molecular flexibility index (Phi) is 5.48. The number of alkyl halides is 2. The van der Waals surface area contributed by atoms with Crippen molar-refractivity contribution in [3.8, 4) is 0 Å². The molecular weight excluding hydrogens is 402 g/mol. The van der Waals surface area contributed by atoms with Crippen molar-refractivity contribution in [2.45, 2.75) is 44.5 Å². The van der Waals surface area contributed by atoms with Crippen molar-refractivity contribution in [1.82, 2.24) is 0 Å². The molecule has 0 amide bonds. The van der Waals surface area contributed by atoms with Crippen LogP contribution in [0, 0.1) is 29.1 Å². The molecule has 0 radical (unpaired) electrons. The third kappa shape index (κ3) is 3.76. The Morgan fingerprint density at radius 1 is 1.21 bits per heavy atom. The van der Waals surface area contributed by atoms with Crippen molar-refractivity contribution in [3.05, 3.63) is 0 Å². The summed E-state index contributed by atoms with van der Waals surface area (Å²) in [5, 5.41) is -4.64. The second-order valence-electron chi connectivity index (χ2n) is 8.41. The van der Waals surface area contributed by atoms with Crippen LogP contribution >= 0.6 is 0 Å². The second-order valence-corrected chi connectivity index (χ2v) is 9.91. The zero-order chi connectivity index (χ0) is 20.9. The predicted octanol–water partition coefficient (Wildman–Crippen LogP) is 1.64. The standard InChI is InChI=1S/C17H24F2O8S/c1-9(17(18,19)28(22,23)24)27-15(21)13-11-4-3-10(5-11)12(13)14(20)26-8-16(2)6-25-7-16/h9-13H,3-8H2,1-2H3,(H,22,23,24). The van der Waals surface area contributed by atoms with E-state index in [1.54, 1.807) is 0 Å². The first-order valence-electron chi connectivity index (χ1n) is 9.15. The molecule has 0 aromatic rings. The van der Waals surface area contributed by atoms with E-state index in [-0.39, 0.29) is 23.9 Å². The summed E-state index contributed by atoms with van der Waals surface area (Å²) in [5.41, 5.74) is -0.269. The van der Waals surface area contributed by atoms with Gasteiger partial charge in [0.15, 0.2) is 6.10 Å². The number of carbonyl (C=O) groups is 2. The fourth-order valence-electron chi connectivity index (χ4n) is 4.38. The van der Waals surface area contributed by atoms with Gasteiger partial charge in [-0.3, -0.25) is 14.1 Å². The van der Waals surface area contributed by atoms with Crippen LogP contribution in [0.25, 0.3) is 0 Å². The predicted molar refractivity (Wildman–Crippen MR) is 89.7 cm³/mol. The van der Waals surface area contributed by atoms with Crippen LogP contribution in [0.5, 0.6) is 0 Å². The lowest BCUT2D eigenvalue weighted by molar-refractivity contribution is -0.180. The van der Waals surface area contributed by atoms with Crippen LogP contribution in [0.4, 0.5) is 8.78 Å². The third-order valence-corrected chi connectivity index (χ3v) is 7.05. The molecule has 0 aromatic heterocycles. The summed E-state index contributed by atoms with van der Waals surface area (Å²) in [6.07, 6.45) is -0.422. The molecule has 0 aromatic carbocycles. The number of ether oxygens (including phenoxy) is 3. The fraction of sp³-hybridized carbons (Fsp3) is 0.882. The molecule has 2 aliphatic carbocycles. The SMILES string of the molecule is CC(OC(=O)C1C2CCC(C2)C1C(=O)OCC1(C)COC1)C(F)(F)S(=O)(=O)O. The largest absolute Gasteiger partial charge is 0.465 e. The Morgan fingerprint density at radius 3 is 2.21 bits per heavy atom. The number of hydrogen-bond donors (Lipinski definition) is 1. The summed E-state index contributed by atoms with van der Waals surface area (Å²) in [4.78, 5) is 25.2. The molecule has 1 saturated heterocycles. The van der Waals surface area contributed by atoms with E-state index >= 15 is 0 Å². The molecule has 0 spiro atoms. The van der Waals surface area contributed by atoms with Gasteiger partial charge in [-0.1, -0.05) is 6.92 Å². The molecule has 11 heteroatoms. The van der Waals surface area contributed by atoms with Gasteiger partial charge in [0.1, 0.15) is 6.61 Å². The van der Waals surface area contributed by atoms with Crippen LogP contribution in [0.3, 0.4) is 0 Å². The third-order valence-electron chi connectivity index (χ3n) is 6.03. The number of carbonyl (C=O) groups excluding carboxylic acids is 2. The highest BCUT2D eigenvalue weighted by Crippen LogP contribution is 2.53. The topological polar surface area (TPSA) is 116 Å². The highest BCUT2D eigenvalue weighted by Gasteiger charge is 2.58. The van der Waals surface area contributed by atoms with Crippen molar-refractivity contribution in [3.63, 3.8) is 0 Å². The van der Waals surface area contributed by atoms with Crippen molar-refractivity contribution in [1.29, 1.82) is 0 Å². The van der Waals surface area contributed by atoms with Crippen LogP contribution in [-0.2, 0) is 33.9 Å². The number of halogens is 2. The van der Waals surface area contributed by atoms with E-state index in [0.717, 1.165) is 6.42 Å². The normalized spacial score (nSPS) is 32.5. The average Bonchev–Trinajstić information content (AvgIpc) is 3.17. The quantitative estimate of drug-likeness (QED) is 0.482. The maximum atomic E-state index is 13.7. The minimum atomic E-state index is -5.75. The van der Waals surface area contributed by atoms with Gasteiger partial charge in [0, 0.05) is 5.41 Å². The lowest BCUT2D eigenvalue weighted by Gasteiger charge is -2.38. The maximum Gasteiger partial charge on any atom is 0.405 e. The molecule has 3 fully saturated rings. The second kappa shape index (κ2) is 7.17. The lowest BCUT2D eigenvalue weighted by atomic mass is 9.79. The summed E-state index contributed by atoms with van der Waals surface area (Å²) >= 11 is 0. The van der Waals surface area contributed by atoms with Crippen molar-refractivity contribution in [2.24, 2.45) is 29.1 Å². The number of rotatable bonds is 7. The van der Waals surface area contributed by atoms with E-state index in [4.69, 9.17) is 14.0 Å². The Hall–Kier alpha value is -1.33. The molecule has 1 aliphatic heterocycles. The molecular formula is C17H24F2O8S. The molecule has 2 bridgehead atoms. The Labute approximate surface area is 161 Å². The average molecular weight is 426 g/mol. The Morgan fingerprint density at radius 2 is 1.75 bits per heavy atom. The van der Waals surface area contributed by atoms with Gasteiger partial charge in [0.25, 0.3) is 0 Å². The van der Waals surface area contributed by atoms with E-state index in [1.165, 1.54) is 0 Å². The maximum absolute atomic E-state index is 13.7. The molecule has 3 rings (SSSR count). The lowest BCUT2D eigenvalue weighted by Crippen LogP contribution is -2.46. The van der Waals surface area contributed by atoms with Gasteiger partial charge in [-0.15, -0.1) is 0 Å². The molecule has 5 atom stereocenters. The van der Waals surface area contributed by atoms with E-state index in [1.807, 2.05) is 6.92 Å². The summed E-state index contributed by atoms with van der Waals surface area (Å²) in [6.45, 7) is 3.65. The molecule has 1 N–H and O–H groups in total. The Balaban J connectivity index is 1.68. The van der Waals surface area contributed by atoms with Gasteiger partial charge in [-0.25, -0.2) is 0 Å².